The molecule has 0 aliphatic carbocycles. The second-order valence-corrected chi connectivity index (χ2v) is 1.54. The van der Waals surface area contributed by atoms with Crippen LogP contribution in [0.25, 0.3) is 0 Å². The van der Waals surface area contributed by atoms with E-state index in [1.165, 1.54) is 0 Å². The minimum absolute atomic E-state index is 0. The van der Waals surface area contributed by atoms with E-state index in [1.54, 1.807) is 0 Å². The molecule has 0 spiro atoms. The van der Waals surface area contributed by atoms with Crippen molar-refractivity contribution in [2.75, 3.05) is 0 Å². The Morgan fingerprint density at radius 3 is 1.12 bits per heavy atom. The molecule has 0 aromatic heterocycles. The Kier molecular flexibility index (Phi) is 25.4. The van der Waals surface area contributed by atoms with E-state index in [2.05, 4.69) is 0 Å². The Morgan fingerprint density at radius 1 is 1.12 bits per heavy atom. The molecule has 0 aliphatic rings. The molecule has 0 heterocycles. The molecule has 55 valence electrons. The van der Waals surface area contributed by atoms with Crippen molar-refractivity contribution in [1.82, 2.24) is 0 Å². The van der Waals surface area contributed by atoms with Crippen LogP contribution in [-0.4, -0.2) is 14.7 Å². The van der Waals surface area contributed by atoms with E-state index in [9.17, 15) is 0 Å². The van der Waals surface area contributed by atoms with Gasteiger partial charge >= 0.3 is 7.82 Å². The summed E-state index contributed by atoms with van der Waals surface area (Å²) in [6, 6.07) is 0. The van der Waals surface area contributed by atoms with E-state index in [4.69, 9.17) is 19.2 Å². The summed E-state index contributed by atoms with van der Waals surface area (Å²) < 4.78 is 8.88. The summed E-state index contributed by atoms with van der Waals surface area (Å²) in [5, 5.41) is 0. The summed E-state index contributed by atoms with van der Waals surface area (Å²) in [7, 11) is -4.64. The van der Waals surface area contributed by atoms with E-state index >= 15 is 0 Å². The molecule has 0 saturated carbocycles. The molecule has 0 rings (SSSR count). The number of hydrogen-bond acceptors (Lipinski definition) is 1. The van der Waals surface area contributed by atoms with Gasteiger partial charge in [-0.1, -0.05) is 0 Å². The van der Waals surface area contributed by atoms with Gasteiger partial charge in [0.25, 0.3) is 0 Å². The van der Waals surface area contributed by atoms with Gasteiger partial charge in [0.1, 0.15) is 0 Å². The fourth-order valence-corrected chi connectivity index (χ4v) is 0. The monoisotopic (exact) mass is 331 g/mol. The zero-order valence-corrected chi connectivity index (χ0v) is 9.06. The normalized spacial score (nSPS) is 7.38. The third-order valence-corrected chi connectivity index (χ3v) is 0. The zero-order chi connectivity index (χ0) is 4.50. The Balaban J connectivity index is -0.0000000267. The Hall–Kier alpha value is 2.02. The molecule has 1 radical (unpaired) electrons. The third-order valence-electron chi connectivity index (χ3n) is 0. The second kappa shape index (κ2) is 9.02. The van der Waals surface area contributed by atoms with Gasteiger partial charge in [0.15, 0.2) is 0 Å². The Bertz CT molecular complexity index is 62.2. The van der Waals surface area contributed by atoms with Gasteiger partial charge in [-0.25, -0.2) is 4.57 Å². The topological polar surface area (TPSA) is 77.8 Å². The van der Waals surface area contributed by atoms with Gasteiger partial charge in [-0.05, 0) is 0 Å². The van der Waals surface area contributed by atoms with Crippen LogP contribution in [0.15, 0.2) is 0 Å². The number of hydrogen-bond donors (Lipinski definition) is 3. The summed E-state index contributed by atoms with van der Waals surface area (Å²) >= 11 is 0. The quantitative estimate of drug-likeness (QED) is 0.412. The van der Waals surface area contributed by atoms with Crippen LogP contribution < -0.4 is 0 Å². The van der Waals surface area contributed by atoms with Crippen LogP contribution in [0.4, 0.5) is 0 Å². The van der Waals surface area contributed by atoms with E-state index in [-0.39, 0.29) is 61.0 Å². The SMILES string of the molecule is Cl.O=P(O)(O)O.[Ag].[Zr]. The predicted octanol–water partition coefficient (Wildman–Crippen LogP) is -0.512. The van der Waals surface area contributed by atoms with Crippen molar-refractivity contribution in [2.24, 2.45) is 0 Å². The number of phosphoric acid groups is 1. The van der Waals surface area contributed by atoms with Gasteiger partial charge in [0.2, 0.25) is 0 Å². The van der Waals surface area contributed by atoms with Crippen molar-refractivity contribution < 1.29 is 67.8 Å². The first kappa shape index (κ1) is 22.5. The summed E-state index contributed by atoms with van der Waals surface area (Å²) in [4.78, 5) is 21.6. The van der Waals surface area contributed by atoms with Crippen molar-refractivity contribution in [3.8, 4) is 0 Å². The predicted molar refractivity (Wildman–Crippen MR) is 21.5 cm³/mol. The van der Waals surface area contributed by atoms with Gasteiger partial charge in [-0.3, -0.25) is 0 Å². The molecule has 0 unspecified atom stereocenters. The van der Waals surface area contributed by atoms with E-state index in [0.29, 0.717) is 0 Å². The maximum Gasteiger partial charge on any atom is 0.466 e. The van der Waals surface area contributed by atoms with Crippen LogP contribution >= 0.6 is 20.2 Å². The molecule has 0 atom stereocenters. The van der Waals surface area contributed by atoms with E-state index < -0.39 is 7.82 Å². The van der Waals surface area contributed by atoms with E-state index in [1.807, 2.05) is 0 Å². The molecule has 0 fully saturated rings. The van der Waals surface area contributed by atoms with Crippen LogP contribution in [0.1, 0.15) is 0 Å². The standard InChI is InChI=1S/Ag.ClH.H3O4P.Zr/c;;1-5(2,3)4;/h;1H;(H3,1,2,3,4);. The van der Waals surface area contributed by atoms with Crippen LogP contribution in [0, 0.1) is 0 Å². The molecular weight excluding hydrogens is 330 g/mol. The molecule has 3 N–H and O–H groups in total. The molecule has 0 aromatic rings. The van der Waals surface area contributed by atoms with Crippen molar-refractivity contribution in [2.45, 2.75) is 0 Å². The first-order valence-electron chi connectivity index (χ1n) is 0.783. The number of halogens is 1. The molecule has 0 aliphatic heterocycles. The minimum Gasteiger partial charge on any atom is -0.303 e. The van der Waals surface area contributed by atoms with Crippen LogP contribution in [0.2, 0.25) is 0 Å². The number of rotatable bonds is 0. The third kappa shape index (κ3) is 96.7. The average Bonchev–Trinajstić information content (AvgIpc) is 0.722. The van der Waals surface area contributed by atoms with Crippen LogP contribution in [0.3, 0.4) is 0 Å². The van der Waals surface area contributed by atoms with Gasteiger partial charge in [0, 0.05) is 48.6 Å². The fourth-order valence-electron chi connectivity index (χ4n) is 0. The van der Waals surface area contributed by atoms with E-state index in [0.717, 1.165) is 0 Å². The molecule has 0 bridgehead atoms. The average molecular weight is 334 g/mol. The van der Waals surface area contributed by atoms with Gasteiger partial charge in [-0.15, -0.1) is 12.4 Å². The molecule has 8 heteroatoms. The van der Waals surface area contributed by atoms with Crippen molar-refractivity contribution in [3.63, 3.8) is 0 Å². The fraction of sp³-hybridized carbons (Fsp3) is 0. The summed E-state index contributed by atoms with van der Waals surface area (Å²) in [5.41, 5.74) is 0. The largest absolute Gasteiger partial charge is 0.466 e. The maximum absolute atomic E-state index is 8.88. The van der Waals surface area contributed by atoms with Crippen molar-refractivity contribution in [1.29, 1.82) is 0 Å². The summed E-state index contributed by atoms with van der Waals surface area (Å²) in [6.45, 7) is 0. The van der Waals surface area contributed by atoms with Crippen LogP contribution in [0.5, 0.6) is 0 Å². The first-order valence-corrected chi connectivity index (χ1v) is 2.35. The van der Waals surface area contributed by atoms with Crippen molar-refractivity contribution >= 4 is 20.2 Å². The summed E-state index contributed by atoms with van der Waals surface area (Å²) in [5.74, 6) is 0. The van der Waals surface area contributed by atoms with Gasteiger partial charge in [0.05, 0.1) is 0 Å². The minimum atomic E-state index is -4.64. The smallest absolute Gasteiger partial charge is 0.303 e. The molecular formula is H4AgClO4PZr. The zero-order valence-electron chi connectivity index (χ0n) is 3.41. The maximum atomic E-state index is 8.88. The molecule has 4 nitrogen and oxygen atoms in total. The van der Waals surface area contributed by atoms with Crippen molar-refractivity contribution in [3.05, 3.63) is 0 Å². The Labute approximate surface area is 87.3 Å². The second-order valence-electron chi connectivity index (χ2n) is 0.513. The molecule has 0 amide bonds. The van der Waals surface area contributed by atoms with Gasteiger partial charge < -0.3 is 14.7 Å². The van der Waals surface area contributed by atoms with Gasteiger partial charge in [-0.2, -0.15) is 0 Å². The molecule has 0 aromatic carbocycles. The molecule has 8 heavy (non-hydrogen) atoms. The molecule has 0 saturated heterocycles. The Morgan fingerprint density at radius 2 is 1.12 bits per heavy atom. The summed E-state index contributed by atoms with van der Waals surface area (Å²) in [6.07, 6.45) is 0. The first-order chi connectivity index (χ1) is 2.00. The van der Waals surface area contributed by atoms with Crippen LogP contribution in [-0.2, 0) is 53.1 Å².